The standard InChI is InChI=1S/C12H13BrF3NO2/c1-17(8-2-7-13)11(18)9-3-5-10(6-4-9)19-12(14,15)16/h3-6H,2,7-8H2,1H3. The van der Waals surface area contributed by atoms with Crippen molar-refractivity contribution >= 4 is 21.8 Å². The highest BCUT2D eigenvalue weighted by molar-refractivity contribution is 9.09. The van der Waals surface area contributed by atoms with Crippen LogP contribution < -0.4 is 4.74 Å². The van der Waals surface area contributed by atoms with E-state index in [1.807, 2.05) is 0 Å². The van der Waals surface area contributed by atoms with Crippen LogP contribution in [0.5, 0.6) is 5.75 Å². The van der Waals surface area contributed by atoms with Crippen LogP contribution in [0.15, 0.2) is 24.3 Å². The molecule has 0 N–H and O–H groups in total. The van der Waals surface area contributed by atoms with E-state index in [4.69, 9.17) is 0 Å². The minimum atomic E-state index is -4.72. The monoisotopic (exact) mass is 339 g/mol. The Morgan fingerprint density at radius 1 is 1.32 bits per heavy atom. The molecular formula is C12H13BrF3NO2. The number of amides is 1. The Hall–Kier alpha value is -1.24. The highest BCUT2D eigenvalue weighted by Gasteiger charge is 2.31. The average Bonchev–Trinajstić information content (AvgIpc) is 2.34. The molecule has 106 valence electrons. The minimum absolute atomic E-state index is 0.237. The van der Waals surface area contributed by atoms with Crippen molar-refractivity contribution in [1.29, 1.82) is 0 Å². The SMILES string of the molecule is CN(CCCBr)C(=O)c1ccc(OC(F)(F)F)cc1. The van der Waals surface area contributed by atoms with E-state index in [2.05, 4.69) is 20.7 Å². The van der Waals surface area contributed by atoms with Crippen molar-refractivity contribution in [2.24, 2.45) is 0 Å². The zero-order chi connectivity index (χ0) is 14.5. The van der Waals surface area contributed by atoms with Gasteiger partial charge in [-0.2, -0.15) is 0 Å². The van der Waals surface area contributed by atoms with Gasteiger partial charge in [0.15, 0.2) is 0 Å². The number of ether oxygens (including phenoxy) is 1. The summed E-state index contributed by atoms with van der Waals surface area (Å²) in [6, 6.07) is 4.88. The van der Waals surface area contributed by atoms with Crippen molar-refractivity contribution in [3.05, 3.63) is 29.8 Å². The van der Waals surface area contributed by atoms with Gasteiger partial charge in [0.1, 0.15) is 5.75 Å². The summed E-state index contributed by atoms with van der Waals surface area (Å²) in [5, 5.41) is 0.781. The summed E-state index contributed by atoms with van der Waals surface area (Å²) in [5.41, 5.74) is 0.326. The van der Waals surface area contributed by atoms with Crippen molar-refractivity contribution in [3.8, 4) is 5.75 Å². The van der Waals surface area contributed by atoms with Gasteiger partial charge in [0, 0.05) is 24.5 Å². The summed E-state index contributed by atoms with van der Waals surface area (Å²) >= 11 is 3.26. The lowest BCUT2D eigenvalue weighted by molar-refractivity contribution is -0.274. The molecule has 1 aromatic rings. The van der Waals surface area contributed by atoms with E-state index in [9.17, 15) is 18.0 Å². The molecule has 0 aliphatic heterocycles. The average molecular weight is 340 g/mol. The van der Waals surface area contributed by atoms with Gasteiger partial charge in [-0.25, -0.2) is 0 Å². The van der Waals surface area contributed by atoms with Crippen molar-refractivity contribution in [2.45, 2.75) is 12.8 Å². The predicted molar refractivity (Wildman–Crippen MR) is 68.5 cm³/mol. The molecule has 0 aliphatic carbocycles. The number of rotatable bonds is 5. The van der Waals surface area contributed by atoms with Crippen LogP contribution in [0.4, 0.5) is 13.2 Å². The van der Waals surface area contributed by atoms with Gasteiger partial charge in [-0.15, -0.1) is 13.2 Å². The summed E-state index contributed by atoms with van der Waals surface area (Å²) < 4.78 is 39.6. The quantitative estimate of drug-likeness (QED) is 0.769. The third kappa shape index (κ3) is 5.50. The first-order valence-electron chi connectivity index (χ1n) is 5.50. The molecule has 1 amide bonds. The molecule has 0 aromatic heterocycles. The second kappa shape index (κ2) is 6.79. The highest BCUT2D eigenvalue weighted by atomic mass is 79.9. The van der Waals surface area contributed by atoms with Gasteiger partial charge in [0.2, 0.25) is 0 Å². The maximum atomic E-state index is 12.0. The van der Waals surface area contributed by atoms with Crippen LogP contribution >= 0.6 is 15.9 Å². The van der Waals surface area contributed by atoms with E-state index in [0.29, 0.717) is 12.1 Å². The molecule has 19 heavy (non-hydrogen) atoms. The summed E-state index contributed by atoms with van der Waals surface area (Å²) in [5.74, 6) is -0.577. The maximum absolute atomic E-state index is 12.0. The normalized spacial score (nSPS) is 11.2. The Kier molecular flexibility index (Phi) is 5.65. The molecule has 0 saturated heterocycles. The van der Waals surface area contributed by atoms with Crippen LogP contribution in [-0.2, 0) is 0 Å². The summed E-state index contributed by atoms with van der Waals surface area (Å²) in [4.78, 5) is 13.4. The van der Waals surface area contributed by atoms with Gasteiger partial charge in [0.05, 0.1) is 0 Å². The molecule has 0 heterocycles. The summed E-state index contributed by atoms with van der Waals surface area (Å²) in [7, 11) is 1.64. The number of carbonyl (C=O) groups is 1. The van der Waals surface area contributed by atoms with Gasteiger partial charge in [-0.1, -0.05) is 15.9 Å². The molecule has 0 spiro atoms. The Labute approximate surface area is 117 Å². The van der Waals surface area contributed by atoms with Crippen LogP contribution in [0.1, 0.15) is 16.8 Å². The number of nitrogens with zero attached hydrogens (tertiary/aromatic N) is 1. The fraction of sp³-hybridized carbons (Fsp3) is 0.417. The van der Waals surface area contributed by atoms with Crippen LogP contribution in [0.25, 0.3) is 0 Å². The number of carbonyl (C=O) groups excluding carboxylic acids is 1. The van der Waals surface area contributed by atoms with Crippen LogP contribution in [0, 0.1) is 0 Å². The van der Waals surface area contributed by atoms with Crippen LogP contribution in [-0.4, -0.2) is 36.1 Å². The predicted octanol–water partition coefficient (Wildman–Crippen LogP) is 3.44. The first-order valence-corrected chi connectivity index (χ1v) is 6.63. The molecule has 0 atom stereocenters. The largest absolute Gasteiger partial charge is 0.573 e. The van der Waals surface area contributed by atoms with E-state index in [-0.39, 0.29) is 11.7 Å². The highest BCUT2D eigenvalue weighted by Crippen LogP contribution is 2.22. The Morgan fingerprint density at radius 3 is 2.37 bits per heavy atom. The van der Waals surface area contributed by atoms with Crippen molar-refractivity contribution in [1.82, 2.24) is 4.90 Å². The Morgan fingerprint density at radius 2 is 1.89 bits per heavy atom. The minimum Gasteiger partial charge on any atom is -0.406 e. The van der Waals surface area contributed by atoms with Gasteiger partial charge in [-0.3, -0.25) is 4.79 Å². The Bertz CT molecular complexity index is 420. The van der Waals surface area contributed by atoms with Gasteiger partial charge in [-0.05, 0) is 30.7 Å². The van der Waals surface area contributed by atoms with Crippen molar-refractivity contribution in [2.75, 3.05) is 18.9 Å². The molecular weight excluding hydrogens is 327 g/mol. The molecule has 7 heteroatoms. The van der Waals surface area contributed by atoms with E-state index >= 15 is 0 Å². The zero-order valence-corrected chi connectivity index (χ0v) is 11.8. The first-order chi connectivity index (χ1) is 8.83. The fourth-order valence-electron chi connectivity index (χ4n) is 1.42. The van der Waals surface area contributed by atoms with Crippen LogP contribution in [0.3, 0.4) is 0 Å². The van der Waals surface area contributed by atoms with Gasteiger partial charge < -0.3 is 9.64 Å². The zero-order valence-electron chi connectivity index (χ0n) is 10.2. The fourth-order valence-corrected chi connectivity index (χ4v) is 1.67. The number of hydrogen-bond acceptors (Lipinski definition) is 2. The second-order valence-electron chi connectivity index (χ2n) is 3.84. The maximum Gasteiger partial charge on any atom is 0.573 e. The lowest BCUT2D eigenvalue weighted by atomic mass is 10.2. The topological polar surface area (TPSA) is 29.5 Å². The second-order valence-corrected chi connectivity index (χ2v) is 4.63. The first kappa shape index (κ1) is 15.8. The number of benzene rings is 1. The van der Waals surface area contributed by atoms with E-state index < -0.39 is 6.36 Å². The molecule has 0 aliphatic rings. The van der Waals surface area contributed by atoms with Crippen molar-refractivity contribution in [3.63, 3.8) is 0 Å². The van der Waals surface area contributed by atoms with Crippen LogP contribution in [0.2, 0.25) is 0 Å². The summed E-state index contributed by atoms with van der Waals surface area (Å²) in [6.45, 7) is 0.574. The third-order valence-electron chi connectivity index (χ3n) is 2.31. The lowest BCUT2D eigenvalue weighted by Crippen LogP contribution is -2.27. The third-order valence-corrected chi connectivity index (χ3v) is 2.87. The number of halogens is 4. The van der Waals surface area contributed by atoms with E-state index in [1.165, 1.54) is 17.0 Å². The molecule has 3 nitrogen and oxygen atoms in total. The number of hydrogen-bond donors (Lipinski definition) is 0. The van der Waals surface area contributed by atoms with E-state index in [0.717, 1.165) is 23.9 Å². The number of alkyl halides is 4. The molecule has 0 bridgehead atoms. The van der Waals surface area contributed by atoms with Gasteiger partial charge in [0.25, 0.3) is 5.91 Å². The molecule has 0 saturated carbocycles. The molecule has 0 radical (unpaired) electrons. The molecule has 1 rings (SSSR count). The lowest BCUT2D eigenvalue weighted by Gasteiger charge is -2.16. The molecule has 1 aromatic carbocycles. The summed E-state index contributed by atoms with van der Waals surface area (Å²) in [6.07, 6.45) is -3.92. The molecule has 0 fully saturated rings. The smallest absolute Gasteiger partial charge is 0.406 e. The van der Waals surface area contributed by atoms with E-state index in [1.54, 1.807) is 7.05 Å². The van der Waals surface area contributed by atoms with Gasteiger partial charge >= 0.3 is 6.36 Å². The Balaban J connectivity index is 2.68. The van der Waals surface area contributed by atoms with Crippen molar-refractivity contribution < 1.29 is 22.7 Å². The molecule has 0 unspecified atom stereocenters.